The maximum Gasteiger partial charge on any atom is 0.262 e. The molecule has 142 valence electrons. The van der Waals surface area contributed by atoms with Crippen molar-refractivity contribution < 1.29 is 4.79 Å². The third-order valence-electron chi connectivity index (χ3n) is 4.13. The highest BCUT2D eigenvalue weighted by Crippen LogP contribution is 2.25. The standard InChI is InChI=1S/C19H16N4O2S3/c1-23-18(25)13-7-9-26-16(13)22-19(23)28-11-14(24)21-15(17-20-8-10-27-17)12-5-3-2-4-6-12/h2-10,15H,11H2,1H3,(H,21,24). The first-order valence-electron chi connectivity index (χ1n) is 8.44. The molecule has 6 nitrogen and oxygen atoms in total. The molecule has 0 bridgehead atoms. The monoisotopic (exact) mass is 428 g/mol. The fourth-order valence-electron chi connectivity index (χ4n) is 2.75. The second kappa shape index (κ2) is 8.26. The van der Waals surface area contributed by atoms with Crippen molar-refractivity contribution in [1.82, 2.24) is 19.9 Å². The molecule has 3 heterocycles. The number of rotatable bonds is 6. The van der Waals surface area contributed by atoms with Gasteiger partial charge in [0.25, 0.3) is 5.56 Å². The first-order valence-corrected chi connectivity index (χ1v) is 11.2. The van der Waals surface area contributed by atoms with Crippen LogP contribution in [-0.2, 0) is 11.8 Å². The number of amides is 1. The highest BCUT2D eigenvalue weighted by atomic mass is 32.2. The number of thioether (sulfide) groups is 1. The maximum atomic E-state index is 12.6. The first kappa shape index (κ1) is 18.9. The summed E-state index contributed by atoms with van der Waals surface area (Å²) < 4.78 is 1.49. The van der Waals surface area contributed by atoms with Crippen molar-refractivity contribution in [2.24, 2.45) is 7.05 Å². The van der Waals surface area contributed by atoms with E-state index >= 15 is 0 Å². The average Bonchev–Trinajstić information content (AvgIpc) is 3.40. The van der Waals surface area contributed by atoms with E-state index < -0.39 is 0 Å². The number of thiophene rings is 1. The van der Waals surface area contributed by atoms with Gasteiger partial charge in [0.2, 0.25) is 5.91 Å². The van der Waals surface area contributed by atoms with Gasteiger partial charge in [0.05, 0.1) is 11.1 Å². The SMILES string of the molecule is Cn1c(SCC(=O)NC(c2ccccc2)c2nccs2)nc2sccc2c1=O. The van der Waals surface area contributed by atoms with Crippen molar-refractivity contribution in [2.45, 2.75) is 11.2 Å². The molecule has 0 saturated carbocycles. The summed E-state index contributed by atoms with van der Waals surface area (Å²) in [7, 11) is 1.68. The summed E-state index contributed by atoms with van der Waals surface area (Å²) in [4.78, 5) is 34.6. The summed E-state index contributed by atoms with van der Waals surface area (Å²) in [5.74, 6) is 0.0147. The normalized spacial score (nSPS) is 12.2. The largest absolute Gasteiger partial charge is 0.342 e. The lowest BCUT2D eigenvalue weighted by Crippen LogP contribution is -2.31. The molecule has 1 unspecified atom stereocenters. The molecule has 0 fully saturated rings. The van der Waals surface area contributed by atoms with E-state index in [-0.39, 0.29) is 23.3 Å². The average molecular weight is 429 g/mol. The minimum absolute atomic E-state index is 0.0981. The Morgan fingerprint density at radius 1 is 1.21 bits per heavy atom. The first-order chi connectivity index (χ1) is 13.6. The number of aromatic nitrogens is 3. The van der Waals surface area contributed by atoms with Crippen LogP contribution in [-0.4, -0.2) is 26.2 Å². The van der Waals surface area contributed by atoms with Crippen LogP contribution in [0, 0.1) is 0 Å². The molecule has 28 heavy (non-hydrogen) atoms. The summed E-state index contributed by atoms with van der Waals surface area (Å²) in [5.41, 5.74) is 0.875. The number of hydrogen-bond acceptors (Lipinski definition) is 7. The molecule has 0 spiro atoms. The van der Waals surface area contributed by atoms with Gasteiger partial charge in [-0.25, -0.2) is 9.97 Å². The van der Waals surface area contributed by atoms with Gasteiger partial charge in [0.1, 0.15) is 15.9 Å². The zero-order valence-electron chi connectivity index (χ0n) is 14.9. The molecule has 4 aromatic rings. The van der Waals surface area contributed by atoms with E-state index in [9.17, 15) is 9.59 Å². The Balaban J connectivity index is 1.50. The topological polar surface area (TPSA) is 76.9 Å². The van der Waals surface area contributed by atoms with E-state index in [1.807, 2.05) is 41.1 Å². The van der Waals surface area contributed by atoms with Gasteiger partial charge >= 0.3 is 0 Å². The molecule has 3 aromatic heterocycles. The number of hydrogen-bond donors (Lipinski definition) is 1. The van der Waals surface area contributed by atoms with E-state index in [0.717, 1.165) is 10.6 Å². The summed E-state index contributed by atoms with van der Waals surface area (Å²) >= 11 is 4.17. The van der Waals surface area contributed by atoms with E-state index in [1.54, 1.807) is 19.3 Å². The molecule has 0 aliphatic carbocycles. The van der Waals surface area contributed by atoms with E-state index in [0.29, 0.717) is 15.4 Å². The predicted molar refractivity (Wildman–Crippen MR) is 114 cm³/mol. The van der Waals surface area contributed by atoms with Crippen molar-refractivity contribution in [3.05, 3.63) is 74.3 Å². The van der Waals surface area contributed by atoms with Crippen LogP contribution in [0.2, 0.25) is 0 Å². The highest BCUT2D eigenvalue weighted by Gasteiger charge is 2.20. The van der Waals surface area contributed by atoms with Crippen LogP contribution in [0.4, 0.5) is 0 Å². The van der Waals surface area contributed by atoms with Crippen LogP contribution in [0.5, 0.6) is 0 Å². The molecule has 4 rings (SSSR count). The molecular weight excluding hydrogens is 412 g/mol. The highest BCUT2D eigenvalue weighted by molar-refractivity contribution is 7.99. The van der Waals surface area contributed by atoms with Crippen LogP contribution >= 0.6 is 34.4 Å². The van der Waals surface area contributed by atoms with E-state index in [1.165, 1.54) is 39.0 Å². The Labute approximate surface area is 173 Å². The van der Waals surface area contributed by atoms with Gasteiger partial charge in [0, 0.05) is 18.6 Å². The second-order valence-electron chi connectivity index (χ2n) is 5.97. The summed E-state index contributed by atoms with van der Waals surface area (Å²) in [6, 6.07) is 11.2. The van der Waals surface area contributed by atoms with Crippen molar-refractivity contribution in [1.29, 1.82) is 0 Å². The Morgan fingerprint density at radius 2 is 2.04 bits per heavy atom. The molecule has 1 N–H and O–H groups in total. The lowest BCUT2D eigenvalue weighted by Gasteiger charge is -2.17. The number of nitrogens with one attached hydrogen (secondary N) is 1. The molecule has 1 atom stereocenters. The van der Waals surface area contributed by atoms with Gasteiger partial charge in [-0.2, -0.15) is 0 Å². The quantitative estimate of drug-likeness (QED) is 0.376. The number of nitrogens with zero attached hydrogens (tertiary/aromatic N) is 3. The van der Waals surface area contributed by atoms with Crippen LogP contribution in [0.25, 0.3) is 10.2 Å². The molecule has 0 radical (unpaired) electrons. The lowest BCUT2D eigenvalue weighted by molar-refractivity contribution is -0.119. The van der Waals surface area contributed by atoms with Crippen LogP contribution in [0.15, 0.2) is 63.3 Å². The molecule has 1 amide bonds. The van der Waals surface area contributed by atoms with Crippen LogP contribution in [0.3, 0.4) is 0 Å². The van der Waals surface area contributed by atoms with E-state index in [2.05, 4.69) is 15.3 Å². The van der Waals surface area contributed by atoms with Crippen LogP contribution in [0.1, 0.15) is 16.6 Å². The minimum Gasteiger partial charge on any atom is -0.342 e. The van der Waals surface area contributed by atoms with Gasteiger partial charge in [0.15, 0.2) is 5.16 Å². The number of benzene rings is 1. The van der Waals surface area contributed by atoms with Crippen molar-refractivity contribution in [3.63, 3.8) is 0 Å². The van der Waals surface area contributed by atoms with Gasteiger partial charge in [-0.3, -0.25) is 14.2 Å². The zero-order chi connectivity index (χ0) is 19.5. The van der Waals surface area contributed by atoms with Crippen LogP contribution < -0.4 is 10.9 Å². The molecule has 0 saturated heterocycles. The second-order valence-corrected chi connectivity index (χ2v) is 8.73. The number of thiazole rings is 1. The van der Waals surface area contributed by atoms with Crippen molar-refractivity contribution >= 4 is 50.6 Å². The fourth-order valence-corrected chi connectivity index (χ4v) is 5.05. The maximum absolute atomic E-state index is 12.6. The Kier molecular flexibility index (Phi) is 5.56. The van der Waals surface area contributed by atoms with Gasteiger partial charge in [-0.05, 0) is 17.0 Å². The predicted octanol–water partition coefficient (Wildman–Crippen LogP) is 3.45. The number of fused-ring (bicyclic) bond motifs is 1. The third kappa shape index (κ3) is 3.87. The molecular formula is C19H16N4O2S3. The zero-order valence-corrected chi connectivity index (χ0v) is 17.3. The minimum atomic E-state index is -0.300. The molecule has 0 aliphatic heterocycles. The van der Waals surface area contributed by atoms with Gasteiger partial charge in [-0.1, -0.05) is 42.1 Å². The third-order valence-corrected chi connectivity index (χ3v) is 6.81. The van der Waals surface area contributed by atoms with Gasteiger partial charge in [-0.15, -0.1) is 22.7 Å². The summed E-state index contributed by atoms with van der Waals surface area (Å²) in [6.45, 7) is 0. The number of carbonyl (C=O) groups is 1. The molecule has 0 aliphatic rings. The van der Waals surface area contributed by atoms with Crippen molar-refractivity contribution in [2.75, 3.05) is 5.75 Å². The smallest absolute Gasteiger partial charge is 0.262 e. The van der Waals surface area contributed by atoms with Crippen molar-refractivity contribution in [3.8, 4) is 0 Å². The molecule has 1 aromatic carbocycles. The summed E-state index contributed by atoms with van der Waals surface area (Å²) in [5, 5.41) is 8.75. The van der Waals surface area contributed by atoms with Gasteiger partial charge < -0.3 is 5.32 Å². The number of carbonyl (C=O) groups excluding carboxylic acids is 1. The fraction of sp³-hybridized carbons (Fsp3) is 0.158. The Hall–Kier alpha value is -2.49. The lowest BCUT2D eigenvalue weighted by atomic mass is 10.1. The Bertz CT molecular complexity index is 1150. The van der Waals surface area contributed by atoms with E-state index in [4.69, 9.17) is 0 Å². The molecule has 9 heteroatoms. The summed E-state index contributed by atoms with van der Waals surface area (Å²) in [6.07, 6.45) is 1.73. The Morgan fingerprint density at radius 3 is 2.79 bits per heavy atom.